The molecule has 138 valence electrons. The Hall–Kier alpha value is -2.11. The fourth-order valence-electron chi connectivity index (χ4n) is 4.08. The van der Waals surface area contributed by atoms with Crippen molar-refractivity contribution in [2.75, 3.05) is 13.2 Å². The van der Waals surface area contributed by atoms with Gasteiger partial charge in [-0.15, -0.1) is 11.3 Å². The van der Waals surface area contributed by atoms with E-state index in [4.69, 9.17) is 21.3 Å². The molecule has 0 aliphatic carbocycles. The number of carbonyl (C=O) groups is 1. The number of carbonyl (C=O) groups excluding carboxylic acids is 1. The zero-order valence-corrected chi connectivity index (χ0v) is 16.3. The number of hydrogen-bond donors (Lipinski definition) is 0. The fraction of sp³-hybridized carbons (Fsp3) is 0.333. The average Bonchev–Trinajstić information content (AvgIpc) is 3.33. The maximum Gasteiger partial charge on any atom is 0.230 e. The van der Waals surface area contributed by atoms with Gasteiger partial charge in [0.15, 0.2) is 0 Å². The minimum Gasteiger partial charge on any atom is -0.492 e. The van der Waals surface area contributed by atoms with Gasteiger partial charge in [-0.3, -0.25) is 4.79 Å². The molecule has 0 bridgehead atoms. The lowest BCUT2D eigenvalue weighted by Crippen LogP contribution is -2.40. The molecule has 4 nitrogen and oxygen atoms in total. The number of likely N-dealkylation sites (tertiary alicyclic amines) is 1. The first-order valence-corrected chi connectivity index (χ1v) is 10.5. The van der Waals surface area contributed by atoms with E-state index in [1.54, 1.807) is 11.3 Å². The van der Waals surface area contributed by atoms with Crippen molar-refractivity contribution in [1.29, 1.82) is 0 Å². The number of para-hydroxylation sites is 1. The molecular formula is C21H19ClN2O2S. The molecule has 0 spiro atoms. The van der Waals surface area contributed by atoms with Crippen LogP contribution in [0.3, 0.4) is 0 Å². The number of thiazole rings is 1. The highest BCUT2D eigenvalue weighted by Crippen LogP contribution is 2.38. The van der Waals surface area contributed by atoms with E-state index in [1.807, 2.05) is 41.3 Å². The van der Waals surface area contributed by atoms with Crippen LogP contribution in [0.5, 0.6) is 5.75 Å². The first-order chi connectivity index (χ1) is 13.2. The number of benzene rings is 2. The molecule has 2 aliphatic heterocycles. The molecule has 6 heteroatoms. The van der Waals surface area contributed by atoms with Gasteiger partial charge in [0.25, 0.3) is 0 Å². The molecule has 0 N–H and O–H groups in total. The molecule has 0 unspecified atom stereocenters. The Bertz CT molecular complexity index is 985. The van der Waals surface area contributed by atoms with E-state index in [1.165, 1.54) is 4.70 Å². The van der Waals surface area contributed by atoms with Gasteiger partial charge in [-0.2, -0.15) is 0 Å². The summed E-state index contributed by atoms with van der Waals surface area (Å²) in [6, 6.07) is 13.9. The fourth-order valence-corrected chi connectivity index (χ4v) is 5.39. The van der Waals surface area contributed by atoms with Gasteiger partial charge in [-0.05, 0) is 55.2 Å². The van der Waals surface area contributed by atoms with Crippen molar-refractivity contribution in [2.45, 2.75) is 25.3 Å². The predicted octanol–water partition coefficient (Wildman–Crippen LogP) is 4.86. The van der Waals surface area contributed by atoms with Gasteiger partial charge in [-0.25, -0.2) is 4.98 Å². The number of fused-ring (bicyclic) bond motifs is 2. The van der Waals surface area contributed by atoms with Gasteiger partial charge in [0.1, 0.15) is 17.4 Å². The molecule has 3 aromatic rings. The molecule has 1 fully saturated rings. The van der Waals surface area contributed by atoms with E-state index in [0.29, 0.717) is 18.1 Å². The van der Waals surface area contributed by atoms with Crippen LogP contribution in [-0.4, -0.2) is 28.9 Å². The number of aromatic nitrogens is 1. The number of rotatable bonds is 2. The Balaban J connectivity index is 1.39. The summed E-state index contributed by atoms with van der Waals surface area (Å²) in [5.41, 5.74) is 2.03. The van der Waals surface area contributed by atoms with Crippen LogP contribution in [0.15, 0.2) is 42.5 Å². The molecule has 3 heterocycles. The van der Waals surface area contributed by atoms with E-state index in [9.17, 15) is 4.79 Å². The summed E-state index contributed by atoms with van der Waals surface area (Å²) in [6.07, 6.45) is 2.67. The van der Waals surface area contributed by atoms with Crippen LogP contribution in [0.4, 0.5) is 0 Å². The minimum atomic E-state index is -0.161. The molecule has 0 saturated carbocycles. The predicted molar refractivity (Wildman–Crippen MR) is 107 cm³/mol. The number of ether oxygens (including phenoxy) is 1. The topological polar surface area (TPSA) is 42.4 Å². The molecule has 5 rings (SSSR count). The highest BCUT2D eigenvalue weighted by Gasteiger charge is 2.37. The molecule has 2 aliphatic rings. The van der Waals surface area contributed by atoms with Crippen molar-refractivity contribution in [1.82, 2.24) is 9.88 Å². The molecule has 1 amide bonds. The van der Waals surface area contributed by atoms with Crippen molar-refractivity contribution in [3.8, 4) is 5.75 Å². The average molecular weight is 399 g/mol. The lowest BCUT2D eigenvalue weighted by molar-refractivity contribution is -0.137. The maximum absolute atomic E-state index is 13.3. The lowest BCUT2D eigenvalue weighted by atomic mass is 9.95. The summed E-state index contributed by atoms with van der Waals surface area (Å²) >= 11 is 7.81. The Morgan fingerprint density at radius 1 is 1.26 bits per heavy atom. The SMILES string of the molecule is O=C([C@H]1COc2ccc(Cl)cc2C1)N1CCC[C@@H]1c1nc2ccccc2s1. The second-order valence-corrected chi connectivity index (χ2v) is 8.67. The standard InChI is InChI=1S/C21H19ClN2O2S/c22-15-7-8-18-13(11-15)10-14(12-26-18)21(25)24-9-3-5-17(24)20-23-16-4-1-2-6-19(16)27-20/h1-2,4,6-8,11,14,17H,3,5,9-10,12H2/t14-,17-/m1/s1. The van der Waals surface area contributed by atoms with Crippen molar-refractivity contribution in [2.24, 2.45) is 5.92 Å². The molecule has 2 atom stereocenters. The van der Waals surface area contributed by atoms with Crippen LogP contribution < -0.4 is 4.74 Å². The minimum absolute atomic E-state index is 0.0793. The summed E-state index contributed by atoms with van der Waals surface area (Å²) < 4.78 is 7.02. The molecular weight excluding hydrogens is 380 g/mol. The third-order valence-electron chi connectivity index (χ3n) is 5.41. The van der Waals surface area contributed by atoms with E-state index >= 15 is 0 Å². The number of nitrogens with zero attached hydrogens (tertiary/aromatic N) is 2. The summed E-state index contributed by atoms with van der Waals surface area (Å²) in [5.74, 6) is 0.848. The van der Waals surface area contributed by atoms with Crippen LogP contribution in [0.2, 0.25) is 5.02 Å². The van der Waals surface area contributed by atoms with Crippen LogP contribution in [0, 0.1) is 5.92 Å². The monoisotopic (exact) mass is 398 g/mol. The van der Waals surface area contributed by atoms with Gasteiger partial charge in [-0.1, -0.05) is 23.7 Å². The number of hydrogen-bond acceptors (Lipinski definition) is 4. The van der Waals surface area contributed by atoms with Crippen LogP contribution in [0.25, 0.3) is 10.2 Å². The highest BCUT2D eigenvalue weighted by molar-refractivity contribution is 7.18. The third kappa shape index (κ3) is 3.09. The van der Waals surface area contributed by atoms with Crippen LogP contribution in [0.1, 0.15) is 29.5 Å². The number of halogens is 1. The third-order valence-corrected chi connectivity index (χ3v) is 6.78. The first kappa shape index (κ1) is 17.0. The molecule has 1 aromatic heterocycles. The zero-order valence-electron chi connectivity index (χ0n) is 14.7. The Morgan fingerprint density at radius 2 is 2.15 bits per heavy atom. The lowest BCUT2D eigenvalue weighted by Gasteiger charge is -2.31. The maximum atomic E-state index is 13.3. The molecule has 27 heavy (non-hydrogen) atoms. The van der Waals surface area contributed by atoms with Gasteiger partial charge < -0.3 is 9.64 Å². The Kier molecular flexibility index (Phi) is 4.29. The Labute approximate surface area is 166 Å². The summed E-state index contributed by atoms with van der Waals surface area (Å²) in [6.45, 7) is 1.22. The van der Waals surface area contributed by atoms with E-state index in [0.717, 1.165) is 41.2 Å². The van der Waals surface area contributed by atoms with Gasteiger partial charge >= 0.3 is 0 Å². The largest absolute Gasteiger partial charge is 0.492 e. The van der Waals surface area contributed by atoms with Gasteiger partial charge in [0.05, 0.1) is 22.2 Å². The van der Waals surface area contributed by atoms with E-state index in [2.05, 4.69) is 6.07 Å². The summed E-state index contributed by atoms with van der Waals surface area (Å²) in [7, 11) is 0. The summed E-state index contributed by atoms with van der Waals surface area (Å²) in [5, 5.41) is 1.72. The van der Waals surface area contributed by atoms with Crippen LogP contribution >= 0.6 is 22.9 Å². The Morgan fingerprint density at radius 3 is 3.04 bits per heavy atom. The van der Waals surface area contributed by atoms with E-state index in [-0.39, 0.29) is 17.9 Å². The van der Waals surface area contributed by atoms with Gasteiger partial charge in [0, 0.05) is 11.6 Å². The van der Waals surface area contributed by atoms with Crippen molar-refractivity contribution >= 4 is 39.1 Å². The number of amides is 1. The molecule has 2 aromatic carbocycles. The second-order valence-electron chi connectivity index (χ2n) is 7.17. The highest BCUT2D eigenvalue weighted by atomic mass is 35.5. The quantitative estimate of drug-likeness (QED) is 0.618. The smallest absolute Gasteiger partial charge is 0.230 e. The normalized spacial score (nSPS) is 21.9. The van der Waals surface area contributed by atoms with Gasteiger partial charge in [0.2, 0.25) is 5.91 Å². The van der Waals surface area contributed by atoms with Crippen molar-refractivity contribution < 1.29 is 9.53 Å². The van der Waals surface area contributed by atoms with E-state index < -0.39 is 0 Å². The first-order valence-electron chi connectivity index (χ1n) is 9.26. The summed E-state index contributed by atoms with van der Waals surface area (Å²) in [4.78, 5) is 20.1. The molecule has 0 radical (unpaired) electrons. The van der Waals surface area contributed by atoms with Crippen molar-refractivity contribution in [3.05, 3.63) is 58.1 Å². The van der Waals surface area contributed by atoms with Crippen molar-refractivity contribution in [3.63, 3.8) is 0 Å². The molecule has 1 saturated heterocycles. The second kappa shape index (κ2) is 6.80. The van der Waals surface area contributed by atoms with Crippen LogP contribution in [-0.2, 0) is 11.2 Å². The zero-order chi connectivity index (χ0) is 18.4.